The van der Waals surface area contributed by atoms with Gasteiger partial charge in [0, 0.05) is 30.5 Å². The van der Waals surface area contributed by atoms with Crippen molar-refractivity contribution in [3.8, 4) is 17.2 Å². The highest BCUT2D eigenvalue weighted by Crippen LogP contribution is 2.24. The van der Waals surface area contributed by atoms with E-state index in [1.54, 1.807) is 30.7 Å². The van der Waals surface area contributed by atoms with Gasteiger partial charge >= 0.3 is 0 Å². The molecule has 3 rings (SSSR count). The van der Waals surface area contributed by atoms with Crippen molar-refractivity contribution in [1.29, 1.82) is 0 Å². The average molecular weight is 408 g/mol. The lowest BCUT2D eigenvalue weighted by Gasteiger charge is -2.11. The highest BCUT2D eigenvalue weighted by Gasteiger charge is 2.08. The van der Waals surface area contributed by atoms with Crippen molar-refractivity contribution in [3.05, 3.63) is 54.1 Å². The monoisotopic (exact) mass is 407 g/mol. The van der Waals surface area contributed by atoms with Gasteiger partial charge in [-0.2, -0.15) is 4.68 Å². The maximum atomic E-state index is 5.41. The molecule has 0 saturated carbocycles. The third-order valence-corrected chi connectivity index (χ3v) is 4.68. The molecule has 0 aliphatic heterocycles. The minimum Gasteiger partial charge on any atom is -0.497 e. The quantitative estimate of drug-likeness (QED) is 0.431. The number of aromatic nitrogens is 4. The molecule has 9 heteroatoms. The molecule has 144 valence electrons. The van der Waals surface area contributed by atoms with Gasteiger partial charge in [-0.3, -0.25) is 0 Å². The molecular weight excluding hydrogens is 386 g/mol. The summed E-state index contributed by atoms with van der Waals surface area (Å²) in [6, 6.07) is 15.7. The number of rotatable bonds is 9. The molecule has 1 aromatic heterocycles. The molecule has 7 nitrogen and oxygen atoms in total. The fourth-order valence-electron chi connectivity index (χ4n) is 2.44. The van der Waals surface area contributed by atoms with E-state index in [2.05, 4.69) is 20.8 Å². The van der Waals surface area contributed by atoms with E-state index in [1.807, 2.05) is 48.5 Å². The maximum absolute atomic E-state index is 5.41. The van der Waals surface area contributed by atoms with Gasteiger partial charge in [-0.1, -0.05) is 36.0 Å². The third-order valence-electron chi connectivity index (χ3n) is 3.76. The molecule has 0 unspecified atom stereocenters. The van der Waals surface area contributed by atoms with Gasteiger partial charge in [0.05, 0.1) is 19.9 Å². The fourth-order valence-corrected chi connectivity index (χ4v) is 3.22. The van der Waals surface area contributed by atoms with Crippen LogP contribution in [0.5, 0.6) is 11.5 Å². The predicted molar refractivity (Wildman–Crippen MR) is 108 cm³/mol. The summed E-state index contributed by atoms with van der Waals surface area (Å²) in [6.45, 7) is 1.54. The number of tetrazole rings is 1. The SMILES string of the molecule is COc1ccc(CNCCSc2nnnn2-c2ccccc2)c(OC)c1.Cl. The van der Waals surface area contributed by atoms with Gasteiger partial charge in [0.1, 0.15) is 11.5 Å². The normalized spacial score (nSPS) is 10.3. The van der Waals surface area contributed by atoms with Crippen molar-refractivity contribution in [2.45, 2.75) is 11.7 Å². The van der Waals surface area contributed by atoms with Crippen LogP contribution >= 0.6 is 24.2 Å². The Labute approximate surface area is 168 Å². The van der Waals surface area contributed by atoms with Crippen LogP contribution in [0, 0.1) is 0 Å². The number of hydrogen-bond donors (Lipinski definition) is 1. The van der Waals surface area contributed by atoms with Crippen LogP contribution < -0.4 is 14.8 Å². The molecule has 0 bridgehead atoms. The van der Waals surface area contributed by atoms with Crippen LogP contribution in [0.2, 0.25) is 0 Å². The molecule has 1 N–H and O–H groups in total. The van der Waals surface area contributed by atoms with Crippen LogP contribution in [0.1, 0.15) is 5.56 Å². The van der Waals surface area contributed by atoms with Crippen LogP contribution in [0.25, 0.3) is 5.69 Å². The van der Waals surface area contributed by atoms with Crippen molar-refractivity contribution >= 4 is 24.2 Å². The minimum atomic E-state index is 0. The number of methoxy groups -OCH3 is 2. The molecule has 0 atom stereocenters. The fraction of sp³-hybridized carbons (Fsp3) is 0.278. The van der Waals surface area contributed by atoms with Gasteiger partial charge in [-0.05, 0) is 28.6 Å². The first-order valence-corrected chi connectivity index (χ1v) is 9.18. The number of nitrogens with zero attached hydrogens (tertiary/aromatic N) is 4. The molecule has 0 amide bonds. The summed E-state index contributed by atoms with van der Waals surface area (Å²) in [6.07, 6.45) is 0. The first-order chi connectivity index (χ1) is 12.8. The van der Waals surface area contributed by atoms with Gasteiger partial charge < -0.3 is 14.8 Å². The number of thioether (sulfide) groups is 1. The van der Waals surface area contributed by atoms with E-state index in [9.17, 15) is 0 Å². The highest BCUT2D eigenvalue weighted by molar-refractivity contribution is 7.99. The molecule has 0 saturated heterocycles. The minimum absolute atomic E-state index is 0. The van der Waals surface area contributed by atoms with Crippen LogP contribution in [-0.4, -0.2) is 46.7 Å². The van der Waals surface area contributed by atoms with Crippen molar-refractivity contribution in [3.63, 3.8) is 0 Å². The Morgan fingerprint density at radius 2 is 1.89 bits per heavy atom. The summed E-state index contributed by atoms with van der Waals surface area (Å²) in [5.41, 5.74) is 2.04. The number of ether oxygens (including phenoxy) is 2. The van der Waals surface area contributed by atoms with Gasteiger partial charge in [0.2, 0.25) is 5.16 Å². The number of benzene rings is 2. The molecule has 0 radical (unpaired) electrons. The Bertz CT molecular complexity index is 832. The van der Waals surface area contributed by atoms with Crippen molar-refractivity contribution < 1.29 is 9.47 Å². The lowest BCUT2D eigenvalue weighted by molar-refractivity contribution is 0.390. The Balaban J connectivity index is 0.00000261. The second-order valence-electron chi connectivity index (χ2n) is 5.41. The molecule has 0 fully saturated rings. The largest absolute Gasteiger partial charge is 0.497 e. The van der Waals surface area contributed by atoms with E-state index in [4.69, 9.17) is 9.47 Å². The topological polar surface area (TPSA) is 74.1 Å². The van der Waals surface area contributed by atoms with Gasteiger partial charge in [0.25, 0.3) is 0 Å². The van der Waals surface area contributed by atoms with Gasteiger partial charge in [-0.25, -0.2) is 0 Å². The molecule has 3 aromatic rings. The first kappa shape index (κ1) is 21.0. The van der Waals surface area contributed by atoms with E-state index in [1.165, 1.54) is 0 Å². The summed E-state index contributed by atoms with van der Waals surface area (Å²) in [5.74, 6) is 2.46. The van der Waals surface area contributed by atoms with E-state index >= 15 is 0 Å². The summed E-state index contributed by atoms with van der Waals surface area (Å²) >= 11 is 1.61. The average Bonchev–Trinajstić information content (AvgIpc) is 3.17. The molecular formula is C18H22ClN5O2S. The standard InChI is InChI=1S/C18H21N5O2S.ClH/c1-24-16-9-8-14(17(12-16)25-2)13-19-10-11-26-18-20-21-22-23(18)15-6-4-3-5-7-15;/h3-9,12,19H,10-11,13H2,1-2H3;1H. The summed E-state index contributed by atoms with van der Waals surface area (Å²) in [5, 5.41) is 16.1. The molecule has 2 aromatic carbocycles. The Morgan fingerprint density at radius 3 is 2.63 bits per heavy atom. The highest BCUT2D eigenvalue weighted by atomic mass is 35.5. The second-order valence-corrected chi connectivity index (χ2v) is 6.47. The number of hydrogen-bond acceptors (Lipinski definition) is 7. The Morgan fingerprint density at radius 1 is 1.07 bits per heavy atom. The van der Waals surface area contributed by atoms with E-state index < -0.39 is 0 Å². The Hall–Kier alpha value is -2.29. The van der Waals surface area contributed by atoms with Crippen LogP contribution in [0.15, 0.2) is 53.7 Å². The number of para-hydroxylation sites is 1. The van der Waals surface area contributed by atoms with Crippen LogP contribution in [0.4, 0.5) is 0 Å². The molecule has 27 heavy (non-hydrogen) atoms. The summed E-state index contributed by atoms with van der Waals surface area (Å²) < 4.78 is 12.4. The zero-order valence-corrected chi connectivity index (χ0v) is 16.8. The van der Waals surface area contributed by atoms with Crippen molar-refractivity contribution in [1.82, 2.24) is 25.5 Å². The molecule has 1 heterocycles. The zero-order chi connectivity index (χ0) is 18.2. The Kier molecular flexibility index (Phi) is 8.38. The number of halogens is 1. The third kappa shape index (κ3) is 5.59. The maximum Gasteiger partial charge on any atom is 0.214 e. The summed E-state index contributed by atoms with van der Waals surface area (Å²) in [4.78, 5) is 0. The van der Waals surface area contributed by atoms with Gasteiger partial charge in [-0.15, -0.1) is 17.5 Å². The van der Waals surface area contributed by atoms with E-state index in [0.29, 0.717) is 0 Å². The second kappa shape index (κ2) is 10.8. The van der Waals surface area contributed by atoms with Crippen molar-refractivity contribution in [2.75, 3.05) is 26.5 Å². The molecule has 0 aliphatic carbocycles. The zero-order valence-electron chi connectivity index (χ0n) is 15.2. The van der Waals surface area contributed by atoms with E-state index in [0.717, 1.165) is 46.7 Å². The van der Waals surface area contributed by atoms with Crippen LogP contribution in [0.3, 0.4) is 0 Å². The van der Waals surface area contributed by atoms with Crippen molar-refractivity contribution in [2.24, 2.45) is 0 Å². The first-order valence-electron chi connectivity index (χ1n) is 8.20. The predicted octanol–water partition coefficient (Wildman–Crippen LogP) is 2.98. The van der Waals surface area contributed by atoms with E-state index in [-0.39, 0.29) is 12.4 Å². The number of nitrogens with one attached hydrogen (secondary N) is 1. The van der Waals surface area contributed by atoms with Gasteiger partial charge in [0.15, 0.2) is 0 Å². The molecule has 0 spiro atoms. The smallest absolute Gasteiger partial charge is 0.214 e. The van der Waals surface area contributed by atoms with Crippen LogP contribution in [-0.2, 0) is 6.54 Å². The molecule has 0 aliphatic rings. The summed E-state index contributed by atoms with van der Waals surface area (Å²) in [7, 11) is 3.31. The lowest BCUT2D eigenvalue weighted by Crippen LogP contribution is -2.17. The lowest BCUT2D eigenvalue weighted by atomic mass is 10.2.